The van der Waals surface area contributed by atoms with Gasteiger partial charge in [-0.25, -0.2) is 9.59 Å². The van der Waals surface area contributed by atoms with Crippen LogP contribution in [-0.4, -0.2) is 55.4 Å². The number of benzene rings is 1. The molecule has 2 aliphatic rings. The SMILES string of the molecule is COC(=O)[C@@H]1C[C@@]2(CSC)c3ccccc3NC2N1C(=O)OC. The number of rotatable bonds is 3. The molecule has 0 aromatic heterocycles. The molecule has 2 aliphatic heterocycles. The first-order valence-corrected chi connectivity index (χ1v) is 8.77. The van der Waals surface area contributed by atoms with E-state index in [-0.39, 0.29) is 11.6 Å². The molecule has 1 aromatic carbocycles. The fourth-order valence-corrected chi connectivity index (χ4v) is 4.75. The summed E-state index contributed by atoms with van der Waals surface area (Å²) in [6, 6.07) is 7.36. The van der Waals surface area contributed by atoms with Crippen molar-refractivity contribution in [3.63, 3.8) is 0 Å². The maximum absolute atomic E-state index is 12.3. The van der Waals surface area contributed by atoms with E-state index in [4.69, 9.17) is 9.47 Å². The molecule has 1 saturated heterocycles. The van der Waals surface area contributed by atoms with Crippen molar-refractivity contribution in [1.82, 2.24) is 4.90 Å². The van der Waals surface area contributed by atoms with Crippen molar-refractivity contribution in [3.05, 3.63) is 29.8 Å². The monoisotopic (exact) mass is 336 g/mol. The third-order valence-corrected chi connectivity index (χ3v) is 5.52. The average molecular weight is 336 g/mol. The lowest BCUT2D eigenvalue weighted by Crippen LogP contribution is -2.50. The van der Waals surface area contributed by atoms with Crippen LogP contribution in [0, 0.1) is 0 Å². The van der Waals surface area contributed by atoms with Gasteiger partial charge in [0.2, 0.25) is 0 Å². The Morgan fingerprint density at radius 3 is 2.74 bits per heavy atom. The Morgan fingerprint density at radius 1 is 1.35 bits per heavy atom. The van der Waals surface area contributed by atoms with Crippen molar-refractivity contribution < 1.29 is 19.1 Å². The van der Waals surface area contributed by atoms with E-state index < -0.39 is 18.1 Å². The van der Waals surface area contributed by atoms with Gasteiger partial charge in [-0.3, -0.25) is 4.90 Å². The van der Waals surface area contributed by atoms with Gasteiger partial charge in [0.05, 0.1) is 14.2 Å². The standard InChI is InChI=1S/C16H20N2O4S/c1-21-13(19)12-8-16(9-23-3)10-6-4-5-7-11(10)17-14(16)18(12)15(20)22-2/h4-7,12,14,17H,8-9H2,1-3H3/t12-,14?,16+/m0/s1. The highest BCUT2D eigenvalue weighted by molar-refractivity contribution is 7.98. The zero-order chi connectivity index (χ0) is 16.6. The summed E-state index contributed by atoms with van der Waals surface area (Å²) in [6.45, 7) is 0. The van der Waals surface area contributed by atoms with Gasteiger partial charge in [-0.1, -0.05) is 18.2 Å². The fraction of sp³-hybridized carbons (Fsp3) is 0.500. The Kier molecular flexibility index (Phi) is 4.14. The third-order valence-electron chi connectivity index (χ3n) is 4.71. The van der Waals surface area contributed by atoms with E-state index in [0.717, 1.165) is 17.0 Å². The van der Waals surface area contributed by atoms with Crippen LogP contribution in [0.2, 0.25) is 0 Å². The predicted octanol–water partition coefficient (Wildman–Crippen LogP) is 2.05. The molecule has 124 valence electrons. The molecule has 1 fully saturated rings. The van der Waals surface area contributed by atoms with Crippen LogP contribution >= 0.6 is 11.8 Å². The van der Waals surface area contributed by atoms with Crippen LogP contribution in [0.1, 0.15) is 12.0 Å². The molecule has 3 atom stereocenters. The summed E-state index contributed by atoms with van der Waals surface area (Å²) in [5.74, 6) is 0.382. The zero-order valence-corrected chi connectivity index (χ0v) is 14.2. The number of methoxy groups -OCH3 is 2. The van der Waals surface area contributed by atoms with Gasteiger partial charge in [0.15, 0.2) is 0 Å². The summed E-state index contributed by atoms with van der Waals surface area (Å²) in [6.07, 6.45) is 1.71. The molecule has 0 bridgehead atoms. The van der Waals surface area contributed by atoms with Crippen LogP contribution in [0.3, 0.4) is 0 Å². The highest BCUT2D eigenvalue weighted by Gasteiger charge is 2.61. The van der Waals surface area contributed by atoms with Gasteiger partial charge in [0.25, 0.3) is 0 Å². The molecule has 2 heterocycles. The summed E-state index contributed by atoms with van der Waals surface area (Å²) in [4.78, 5) is 26.1. The van der Waals surface area contributed by atoms with Gasteiger partial charge in [-0.15, -0.1) is 0 Å². The number of anilines is 1. The van der Waals surface area contributed by atoms with Crippen molar-refractivity contribution in [1.29, 1.82) is 0 Å². The van der Waals surface area contributed by atoms with Gasteiger partial charge in [0, 0.05) is 16.9 Å². The number of carbonyl (C=O) groups excluding carboxylic acids is 2. The molecular formula is C16H20N2O4S. The Morgan fingerprint density at radius 2 is 2.09 bits per heavy atom. The van der Waals surface area contributed by atoms with Crippen molar-refractivity contribution in [2.24, 2.45) is 0 Å². The van der Waals surface area contributed by atoms with Crippen LogP contribution in [-0.2, 0) is 19.7 Å². The zero-order valence-electron chi connectivity index (χ0n) is 13.4. The number of likely N-dealkylation sites (tertiary alicyclic amines) is 1. The maximum Gasteiger partial charge on any atom is 0.411 e. The molecule has 1 amide bonds. The molecule has 3 rings (SSSR count). The first-order valence-electron chi connectivity index (χ1n) is 7.38. The van der Waals surface area contributed by atoms with Crippen LogP contribution in [0.15, 0.2) is 24.3 Å². The van der Waals surface area contributed by atoms with Crippen LogP contribution in [0.25, 0.3) is 0 Å². The number of fused-ring (bicyclic) bond motifs is 3. The molecule has 0 aliphatic carbocycles. The van der Waals surface area contributed by atoms with E-state index in [9.17, 15) is 9.59 Å². The van der Waals surface area contributed by atoms with Crippen molar-refractivity contribution >= 4 is 29.5 Å². The maximum atomic E-state index is 12.3. The van der Waals surface area contributed by atoms with E-state index >= 15 is 0 Å². The van der Waals surface area contributed by atoms with Crippen molar-refractivity contribution in [2.45, 2.75) is 24.0 Å². The number of esters is 1. The first-order chi connectivity index (χ1) is 11.1. The quantitative estimate of drug-likeness (QED) is 0.852. The smallest absolute Gasteiger partial charge is 0.411 e. The van der Waals surface area contributed by atoms with Gasteiger partial charge in [0.1, 0.15) is 12.2 Å². The molecule has 0 spiro atoms. The second-order valence-corrected chi connectivity index (χ2v) is 6.67. The number of amides is 1. The lowest BCUT2D eigenvalue weighted by Gasteiger charge is -2.31. The van der Waals surface area contributed by atoms with Crippen molar-refractivity contribution in [3.8, 4) is 0 Å². The summed E-state index contributed by atoms with van der Waals surface area (Å²) in [7, 11) is 2.67. The van der Waals surface area contributed by atoms with E-state index in [1.54, 1.807) is 11.8 Å². The van der Waals surface area contributed by atoms with Crippen molar-refractivity contribution in [2.75, 3.05) is 31.5 Å². The second kappa shape index (κ2) is 5.96. The van der Waals surface area contributed by atoms with E-state index in [0.29, 0.717) is 6.42 Å². The van der Waals surface area contributed by atoms with Gasteiger partial charge < -0.3 is 14.8 Å². The molecule has 6 nitrogen and oxygen atoms in total. The molecule has 0 saturated carbocycles. The number of hydrogen-bond acceptors (Lipinski definition) is 6. The number of ether oxygens (including phenoxy) is 2. The topological polar surface area (TPSA) is 67.9 Å². The Bertz CT molecular complexity index is 638. The number of nitrogens with one attached hydrogen (secondary N) is 1. The molecule has 0 radical (unpaired) electrons. The number of carbonyl (C=O) groups is 2. The first kappa shape index (κ1) is 16.0. The molecule has 7 heteroatoms. The number of hydrogen-bond donors (Lipinski definition) is 1. The Balaban J connectivity index is 2.10. The molecule has 1 aromatic rings. The van der Waals surface area contributed by atoms with Gasteiger partial charge in [-0.05, 0) is 24.3 Å². The molecule has 1 N–H and O–H groups in total. The number of nitrogens with zero attached hydrogens (tertiary/aromatic N) is 1. The summed E-state index contributed by atoms with van der Waals surface area (Å²) in [5.41, 5.74) is 1.81. The van der Waals surface area contributed by atoms with Gasteiger partial charge >= 0.3 is 12.1 Å². The normalized spacial score (nSPS) is 27.9. The van der Waals surface area contributed by atoms with Gasteiger partial charge in [-0.2, -0.15) is 11.8 Å². The third kappa shape index (κ3) is 2.25. The molecule has 1 unspecified atom stereocenters. The van der Waals surface area contributed by atoms with Crippen LogP contribution in [0.5, 0.6) is 0 Å². The predicted molar refractivity (Wildman–Crippen MR) is 88.6 cm³/mol. The minimum Gasteiger partial charge on any atom is -0.467 e. The number of thioether (sulfide) groups is 1. The summed E-state index contributed by atoms with van der Waals surface area (Å²) in [5, 5.41) is 3.40. The number of para-hydroxylation sites is 1. The van der Waals surface area contributed by atoms with E-state index in [1.165, 1.54) is 19.1 Å². The second-order valence-electron chi connectivity index (χ2n) is 5.80. The summed E-state index contributed by atoms with van der Waals surface area (Å²) < 4.78 is 9.83. The lowest BCUT2D eigenvalue weighted by atomic mass is 9.80. The highest BCUT2D eigenvalue weighted by atomic mass is 32.2. The van der Waals surface area contributed by atoms with E-state index in [2.05, 4.69) is 11.4 Å². The summed E-state index contributed by atoms with van der Waals surface area (Å²) >= 11 is 1.70. The average Bonchev–Trinajstić information content (AvgIpc) is 3.04. The van der Waals surface area contributed by atoms with Crippen LogP contribution in [0.4, 0.5) is 10.5 Å². The lowest BCUT2D eigenvalue weighted by molar-refractivity contribution is -0.145. The van der Waals surface area contributed by atoms with E-state index in [1.807, 2.05) is 24.5 Å². The molecule has 23 heavy (non-hydrogen) atoms. The Labute approximate surface area is 139 Å². The molecular weight excluding hydrogens is 316 g/mol. The largest absolute Gasteiger partial charge is 0.467 e. The van der Waals surface area contributed by atoms with Crippen LogP contribution < -0.4 is 5.32 Å². The fourth-order valence-electron chi connectivity index (χ4n) is 3.80. The highest BCUT2D eigenvalue weighted by Crippen LogP contribution is 2.52. The minimum atomic E-state index is -0.648. The minimum absolute atomic E-state index is 0.316. The Hall–Kier alpha value is -1.89.